The molecule has 180 valence electrons. The Morgan fingerprint density at radius 3 is 2.41 bits per heavy atom. The van der Waals surface area contributed by atoms with Crippen molar-refractivity contribution in [2.45, 2.75) is 65.5 Å². The highest BCUT2D eigenvalue weighted by Crippen LogP contribution is 2.39. The van der Waals surface area contributed by atoms with Crippen molar-refractivity contribution in [2.24, 2.45) is 0 Å². The summed E-state index contributed by atoms with van der Waals surface area (Å²) in [5.41, 5.74) is 3.41. The first-order valence-electron chi connectivity index (χ1n) is 11.8. The van der Waals surface area contributed by atoms with Gasteiger partial charge in [0.15, 0.2) is 5.43 Å². The fourth-order valence-electron chi connectivity index (χ4n) is 4.44. The average Bonchev–Trinajstić information content (AvgIpc) is 3.04. The van der Waals surface area contributed by atoms with Crippen LogP contribution in [0.15, 0.2) is 45.6 Å². The summed E-state index contributed by atoms with van der Waals surface area (Å²) in [6.07, 6.45) is 0.779. The van der Waals surface area contributed by atoms with Crippen LogP contribution in [0.1, 0.15) is 79.9 Å². The third kappa shape index (κ3) is 4.51. The average molecular weight is 482 g/mol. The number of benzene rings is 2. The van der Waals surface area contributed by atoms with Crippen LogP contribution in [0.5, 0.6) is 0 Å². The van der Waals surface area contributed by atoms with E-state index in [4.69, 9.17) is 20.8 Å². The lowest BCUT2D eigenvalue weighted by Gasteiger charge is -2.26. The van der Waals surface area contributed by atoms with E-state index in [9.17, 15) is 9.59 Å². The van der Waals surface area contributed by atoms with Crippen LogP contribution in [-0.2, 0) is 10.2 Å². The molecule has 4 rings (SSSR count). The van der Waals surface area contributed by atoms with Crippen molar-refractivity contribution in [3.05, 3.63) is 79.7 Å². The lowest BCUT2D eigenvalue weighted by atomic mass is 9.86. The standard InChI is InChI=1S/C28H32ClNO4/c1-16(2)33-13-7-12-30-24(18-8-10-19(11-9-18)28(4,5)6)23-25(31)20-15-21(29)17(3)14-22(20)34-26(23)27(30)32/h8-11,14-16,24H,7,12-13H2,1-6H3. The number of fused-ring (bicyclic) bond motifs is 2. The van der Waals surface area contributed by atoms with Crippen LogP contribution < -0.4 is 5.43 Å². The van der Waals surface area contributed by atoms with E-state index in [1.807, 2.05) is 32.9 Å². The lowest BCUT2D eigenvalue weighted by Crippen LogP contribution is -2.31. The SMILES string of the molecule is Cc1cc2oc3c(c(=O)c2cc1Cl)C(c1ccc(C(C)(C)C)cc1)N(CCCOC(C)C)C3=O. The number of carbonyl (C=O) groups is 1. The Balaban J connectivity index is 1.83. The third-order valence-electron chi connectivity index (χ3n) is 6.33. The van der Waals surface area contributed by atoms with Gasteiger partial charge in [0.2, 0.25) is 5.76 Å². The quantitative estimate of drug-likeness (QED) is 0.381. The highest BCUT2D eigenvalue weighted by atomic mass is 35.5. The fraction of sp³-hybridized carbons (Fsp3) is 0.429. The molecule has 1 amide bonds. The van der Waals surface area contributed by atoms with E-state index < -0.39 is 6.04 Å². The van der Waals surface area contributed by atoms with E-state index in [2.05, 4.69) is 32.9 Å². The topological polar surface area (TPSA) is 59.8 Å². The molecule has 1 atom stereocenters. The van der Waals surface area contributed by atoms with Crippen molar-refractivity contribution in [1.82, 2.24) is 4.90 Å². The number of aryl methyl sites for hydroxylation is 1. The summed E-state index contributed by atoms with van der Waals surface area (Å²) < 4.78 is 11.7. The second kappa shape index (κ2) is 9.20. The zero-order chi connectivity index (χ0) is 24.8. The van der Waals surface area contributed by atoms with Gasteiger partial charge in [-0.2, -0.15) is 0 Å². The highest BCUT2D eigenvalue weighted by molar-refractivity contribution is 6.32. The Kier molecular flexibility index (Phi) is 6.63. The van der Waals surface area contributed by atoms with E-state index in [-0.39, 0.29) is 28.6 Å². The number of nitrogens with zero attached hydrogens (tertiary/aromatic N) is 1. The van der Waals surface area contributed by atoms with E-state index >= 15 is 0 Å². The Morgan fingerprint density at radius 1 is 1.12 bits per heavy atom. The fourth-order valence-corrected chi connectivity index (χ4v) is 4.60. The van der Waals surface area contributed by atoms with E-state index in [1.165, 1.54) is 5.56 Å². The molecule has 0 saturated carbocycles. The highest BCUT2D eigenvalue weighted by Gasteiger charge is 2.42. The van der Waals surface area contributed by atoms with Crippen LogP contribution in [0.2, 0.25) is 5.02 Å². The van der Waals surface area contributed by atoms with Gasteiger partial charge >= 0.3 is 0 Å². The van der Waals surface area contributed by atoms with Gasteiger partial charge in [0, 0.05) is 18.2 Å². The molecule has 1 aliphatic rings. The van der Waals surface area contributed by atoms with Crippen molar-refractivity contribution in [1.29, 1.82) is 0 Å². The number of hydrogen-bond donors (Lipinski definition) is 0. The van der Waals surface area contributed by atoms with Crippen molar-refractivity contribution >= 4 is 28.5 Å². The number of carbonyl (C=O) groups excluding carboxylic acids is 1. The maximum atomic E-state index is 13.7. The first kappa shape index (κ1) is 24.5. The molecule has 0 aliphatic carbocycles. The summed E-state index contributed by atoms with van der Waals surface area (Å²) in [6.45, 7) is 13.3. The molecule has 6 heteroatoms. The predicted octanol–water partition coefficient (Wildman–Crippen LogP) is 6.41. The zero-order valence-electron chi connectivity index (χ0n) is 20.7. The predicted molar refractivity (Wildman–Crippen MR) is 136 cm³/mol. The maximum absolute atomic E-state index is 13.7. The molecule has 1 aliphatic heterocycles. The van der Waals surface area contributed by atoms with Gasteiger partial charge in [0.05, 0.1) is 23.1 Å². The Hall–Kier alpha value is -2.63. The van der Waals surface area contributed by atoms with Crippen molar-refractivity contribution < 1.29 is 13.9 Å². The summed E-state index contributed by atoms with van der Waals surface area (Å²) in [6, 6.07) is 11.0. The second-order valence-corrected chi connectivity index (χ2v) is 10.7. The van der Waals surface area contributed by atoms with Crippen LogP contribution in [0.4, 0.5) is 0 Å². The molecule has 1 aromatic heterocycles. The summed E-state index contributed by atoms with van der Waals surface area (Å²) in [4.78, 5) is 28.9. The normalized spacial score (nSPS) is 16.1. The summed E-state index contributed by atoms with van der Waals surface area (Å²) in [7, 11) is 0. The molecule has 2 heterocycles. The molecule has 0 saturated heterocycles. The molecule has 2 aromatic carbocycles. The van der Waals surface area contributed by atoms with Gasteiger partial charge in [-0.1, -0.05) is 56.6 Å². The third-order valence-corrected chi connectivity index (χ3v) is 6.74. The van der Waals surface area contributed by atoms with E-state index in [1.54, 1.807) is 17.0 Å². The van der Waals surface area contributed by atoms with E-state index in [0.717, 1.165) is 11.1 Å². The van der Waals surface area contributed by atoms with Gasteiger partial charge in [0.25, 0.3) is 5.91 Å². The van der Waals surface area contributed by atoms with Gasteiger partial charge in [0.1, 0.15) is 5.58 Å². The monoisotopic (exact) mass is 481 g/mol. The number of ether oxygens (including phenoxy) is 1. The van der Waals surface area contributed by atoms with Crippen molar-refractivity contribution in [3.8, 4) is 0 Å². The molecule has 5 nitrogen and oxygen atoms in total. The van der Waals surface area contributed by atoms with Crippen LogP contribution in [-0.4, -0.2) is 30.1 Å². The zero-order valence-corrected chi connectivity index (χ0v) is 21.5. The van der Waals surface area contributed by atoms with Crippen LogP contribution in [0.3, 0.4) is 0 Å². The van der Waals surface area contributed by atoms with Gasteiger partial charge < -0.3 is 14.1 Å². The second-order valence-electron chi connectivity index (χ2n) is 10.3. The molecule has 0 N–H and O–H groups in total. The smallest absolute Gasteiger partial charge is 0.290 e. The molecule has 0 radical (unpaired) electrons. The first-order chi connectivity index (χ1) is 16.0. The minimum Gasteiger partial charge on any atom is -0.450 e. The Labute approximate surface area is 205 Å². The maximum Gasteiger partial charge on any atom is 0.290 e. The van der Waals surface area contributed by atoms with Crippen LogP contribution in [0, 0.1) is 6.92 Å². The summed E-state index contributed by atoms with van der Waals surface area (Å²) in [5, 5.41) is 0.890. The number of rotatable bonds is 6. The Bertz CT molecular complexity index is 1280. The minimum absolute atomic E-state index is 0.000354. The van der Waals surface area contributed by atoms with Crippen molar-refractivity contribution in [3.63, 3.8) is 0 Å². The van der Waals surface area contributed by atoms with Crippen LogP contribution in [0.25, 0.3) is 11.0 Å². The molecule has 0 spiro atoms. The molecule has 0 bridgehead atoms. The van der Waals surface area contributed by atoms with Crippen molar-refractivity contribution in [2.75, 3.05) is 13.2 Å². The van der Waals surface area contributed by atoms with Crippen LogP contribution >= 0.6 is 11.6 Å². The molecular weight excluding hydrogens is 450 g/mol. The molecule has 34 heavy (non-hydrogen) atoms. The van der Waals surface area contributed by atoms with Gasteiger partial charge in [-0.05, 0) is 61.4 Å². The Morgan fingerprint density at radius 2 is 1.79 bits per heavy atom. The first-order valence-corrected chi connectivity index (χ1v) is 12.2. The number of halogens is 1. The lowest BCUT2D eigenvalue weighted by molar-refractivity contribution is 0.0593. The molecule has 3 aromatic rings. The van der Waals surface area contributed by atoms with E-state index in [0.29, 0.717) is 41.1 Å². The molecule has 0 fully saturated rings. The molecular formula is C28H32ClNO4. The summed E-state index contributed by atoms with van der Waals surface area (Å²) in [5.74, 6) is -0.148. The molecule has 1 unspecified atom stereocenters. The largest absolute Gasteiger partial charge is 0.450 e. The van der Waals surface area contributed by atoms with Gasteiger partial charge in [-0.15, -0.1) is 0 Å². The van der Waals surface area contributed by atoms with Gasteiger partial charge in [-0.25, -0.2) is 0 Å². The van der Waals surface area contributed by atoms with Gasteiger partial charge in [-0.3, -0.25) is 9.59 Å². The number of hydrogen-bond acceptors (Lipinski definition) is 4. The summed E-state index contributed by atoms with van der Waals surface area (Å²) >= 11 is 6.32. The number of amides is 1. The minimum atomic E-state index is -0.517.